The molecule has 0 amide bonds. The Kier molecular flexibility index (Phi) is 3.70. The standard InChI is InChI=1S/C11H15FO3S/c1-11(2,3)8-15-16(13,14)10-6-4-9(12)5-7-10/h4-7H,8H2,1-3H3. The van der Waals surface area contributed by atoms with Gasteiger partial charge in [-0.3, -0.25) is 4.18 Å². The number of benzene rings is 1. The third kappa shape index (κ3) is 3.90. The van der Waals surface area contributed by atoms with Crippen molar-refractivity contribution in [3.8, 4) is 0 Å². The first-order valence-electron chi connectivity index (χ1n) is 4.86. The van der Waals surface area contributed by atoms with Gasteiger partial charge >= 0.3 is 0 Å². The van der Waals surface area contributed by atoms with Crippen LogP contribution in [0.3, 0.4) is 0 Å². The molecule has 1 rings (SSSR count). The van der Waals surface area contributed by atoms with Crippen LogP contribution in [0.15, 0.2) is 29.2 Å². The summed E-state index contributed by atoms with van der Waals surface area (Å²) >= 11 is 0. The third-order valence-electron chi connectivity index (χ3n) is 1.75. The molecule has 0 unspecified atom stereocenters. The van der Waals surface area contributed by atoms with E-state index in [1.807, 2.05) is 20.8 Å². The van der Waals surface area contributed by atoms with Gasteiger partial charge in [0.1, 0.15) is 5.82 Å². The largest absolute Gasteiger partial charge is 0.296 e. The van der Waals surface area contributed by atoms with E-state index in [1.54, 1.807) is 0 Å². The molecule has 16 heavy (non-hydrogen) atoms. The van der Waals surface area contributed by atoms with Gasteiger partial charge in [-0.1, -0.05) is 20.8 Å². The highest BCUT2D eigenvalue weighted by molar-refractivity contribution is 7.86. The van der Waals surface area contributed by atoms with Crippen molar-refractivity contribution < 1.29 is 17.0 Å². The van der Waals surface area contributed by atoms with E-state index >= 15 is 0 Å². The highest BCUT2D eigenvalue weighted by Crippen LogP contribution is 2.18. The minimum atomic E-state index is -3.78. The van der Waals surface area contributed by atoms with Gasteiger partial charge in [0, 0.05) is 0 Å². The summed E-state index contributed by atoms with van der Waals surface area (Å²) in [6, 6.07) is 4.56. The summed E-state index contributed by atoms with van der Waals surface area (Å²) in [6.07, 6.45) is 0. The van der Waals surface area contributed by atoms with Gasteiger partial charge in [-0.2, -0.15) is 8.42 Å². The lowest BCUT2D eigenvalue weighted by Gasteiger charge is -2.17. The Morgan fingerprint density at radius 1 is 1.19 bits per heavy atom. The minimum Gasteiger partial charge on any atom is -0.266 e. The lowest BCUT2D eigenvalue weighted by atomic mass is 9.99. The molecule has 3 nitrogen and oxygen atoms in total. The second kappa shape index (κ2) is 4.51. The van der Waals surface area contributed by atoms with Crippen LogP contribution in [0, 0.1) is 11.2 Å². The first kappa shape index (κ1) is 13.1. The summed E-state index contributed by atoms with van der Waals surface area (Å²) in [5.41, 5.74) is -0.243. The van der Waals surface area contributed by atoms with Crippen LogP contribution < -0.4 is 0 Å². The number of halogens is 1. The van der Waals surface area contributed by atoms with Crippen LogP contribution in [-0.2, 0) is 14.3 Å². The number of rotatable bonds is 3. The van der Waals surface area contributed by atoms with Gasteiger partial charge in [-0.25, -0.2) is 4.39 Å². The van der Waals surface area contributed by atoms with E-state index in [1.165, 1.54) is 12.1 Å². The highest BCUT2D eigenvalue weighted by atomic mass is 32.2. The average Bonchev–Trinajstić information content (AvgIpc) is 2.15. The first-order valence-corrected chi connectivity index (χ1v) is 6.26. The van der Waals surface area contributed by atoms with Crippen molar-refractivity contribution >= 4 is 10.1 Å². The Hall–Kier alpha value is -0.940. The van der Waals surface area contributed by atoms with Crippen molar-refractivity contribution in [2.24, 2.45) is 5.41 Å². The Morgan fingerprint density at radius 2 is 1.69 bits per heavy atom. The summed E-state index contributed by atoms with van der Waals surface area (Å²) in [5.74, 6) is -0.477. The molecular weight excluding hydrogens is 231 g/mol. The van der Waals surface area contributed by atoms with Gasteiger partial charge < -0.3 is 0 Å². The van der Waals surface area contributed by atoms with Crippen molar-refractivity contribution in [2.45, 2.75) is 25.7 Å². The zero-order chi connectivity index (χ0) is 12.4. The zero-order valence-electron chi connectivity index (χ0n) is 9.53. The molecule has 5 heteroatoms. The molecule has 0 bridgehead atoms. The van der Waals surface area contributed by atoms with Gasteiger partial charge in [0.05, 0.1) is 11.5 Å². The Morgan fingerprint density at radius 3 is 2.12 bits per heavy atom. The van der Waals surface area contributed by atoms with E-state index in [0.29, 0.717) is 0 Å². The fraction of sp³-hybridized carbons (Fsp3) is 0.455. The predicted octanol–water partition coefficient (Wildman–Crippen LogP) is 2.58. The summed E-state index contributed by atoms with van der Waals surface area (Å²) in [7, 11) is -3.78. The average molecular weight is 246 g/mol. The molecule has 1 aromatic carbocycles. The molecule has 0 aromatic heterocycles. The van der Waals surface area contributed by atoms with E-state index in [4.69, 9.17) is 4.18 Å². The van der Waals surface area contributed by atoms with Gasteiger partial charge in [0.15, 0.2) is 0 Å². The van der Waals surface area contributed by atoms with Crippen molar-refractivity contribution in [3.63, 3.8) is 0 Å². The second-order valence-electron chi connectivity index (χ2n) is 4.73. The fourth-order valence-corrected chi connectivity index (χ4v) is 2.04. The van der Waals surface area contributed by atoms with Crippen LogP contribution in [0.1, 0.15) is 20.8 Å². The SMILES string of the molecule is CC(C)(C)COS(=O)(=O)c1ccc(F)cc1. The van der Waals surface area contributed by atoms with E-state index in [2.05, 4.69) is 0 Å². The molecule has 0 saturated carbocycles. The van der Waals surface area contributed by atoms with Crippen LogP contribution >= 0.6 is 0 Å². The second-order valence-corrected chi connectivity index (χ2v) is 6.35. The quantitative estimate of drug-likeness (QED) is 0.770. The molecule has 0 aliphatic rings. The lowest BCUT2D eigenvalue weighted by Crippen LogP contribution is -2.18. The van der Waals surface area contributed by atoms with Gasteiger partial charge in [-0.15, -0.1) is 0 Å². The summed E-state index contributed by atoms with van der Waals surface area (Å²) in [5, 5.41) is 0. The van der Waals surface area contributed by atoms with E-state index in [-0.39, 0.29) is 16.9 Å². The topological polar surface area (TPSA) is 43.4 Å². The smallest absolute Gasteiger partial charge is 0.266 e. The van der Waals surface area contributed by atoms with Gasteiger partial charge in [-0.05, 0) is 29.7 Å². The van der Waals surface area contributed by atoms with E-state index < -0.39 is 15.9 Å². The summed E-state index contributed by atoms with van der Waals surface area (Å²) in [6.45, 7) is 5.69. The molecule has 0 spiro atoms. The van der Waals surface area contributed by atoms with Crippen LogP contribution in [0.2, 0.25) is 0 Å². The van der Waals surface area contributed by atoms with Crippen LogP contribution in [0.5, 0.6) is 0 Å². The molecule has 0 radical (unpaired) electrons. The summed E-state index contributed by atoms with van der Waals surface area (Å²) < 4.78 is 40.8. The van der Waals surface area contributed by atoms with Gasteiger partial charge in [0.2, 0.25) is 0 Å². The summed E-state index contributed by atoms with van der Waals surface area (Å²) in [4.78, 5) is -0.0295. The number of hydrogen-bond donors (Lipinski definition) is 0. The molecule has 0 fully saturated rings. The van der Waals surface area contributed by atoms with Crippen molar-refractivity contribution in [1.29, 1.82) is 0 Å². The monoisotopic (exact) mass is 246 g/mol. The van der Waals surface area contributed by atoms with Crippen molar-refractivity contribution in [2.75, 3.05) is 6.61 Å². The lowest BCUT2D eigenvalue weighted by molar-refractivity contribution is 0.203. The van der Waals surface area contributed by atoms with Crippen molar-refractivity contribution in [1.82, 2.24) is 0 Å². The molecule has 0 aliphatic carbocycles. The van der Waals surface area contributed by atoms with E-state index in [0.717, 1.165) is 12.1 Å². The van der Waals surface area contributed by atoms with Gasteiger partial charge in [0.25, 0.3) is 10.1 Å². The van der Waals surface area contributed by atoms with Crippen LogP contribution in [0.4, 0.5) is 4.39 Å². The maximum Gasteiger partial charge on any atom is 0.296 e. The first-order chi connectivity index (χ1) is 7.21. The Bertz CT molecular complexity index is 443. The highest BCUT2D eigenvalue weighted by Gasteiger charge is 2.19. The zero-order valence-corrected chi connectivity index (χ0v) is 10.3. The Balaban J connectivity index is 2.83. The fourth-order valence-electron chi connectivity index (χ4n) is 0.924. The Labute approximate surface area is 95.4 Å². The van der Waals surface area contributed by atoms with Crippen molar-refractivity contribution in [3.05, 3.63) is 30.1 Å². The molecule has 0 heterocycles. The molecular formula is C11H15FO3S. The van der Waals surface area contributed by atoms with Crippen LogP contribution in [0.25, 0.3) is 0 Å². The molecule has 1 aromatic rings. The number of hydrogen-bond acceptors (Lipinski definition) is 3. The predicted molar refractivity (Wildman–Crippen MR) is 59.0 cm³/mol. The molecule has 0 atom stereocenters. The molecule has 0 aliphatic heterocycles. The molecule has 0 saturated heterocycles. The maximum atomic E-state index is 12.6. The third-order valence-corrected chi connectivity index (χ3v) is 3.03. The normalized spacial score (nSPS) is 12.8. The maximum absolute atomic E-state index is 12.6. The van der Waals surface area contributed by atoms with Crippen LogP contribution in [-0.4, -0.2) is 15.0 Å². The molecule has 90 valence electrons. The molecule has 0 N–H and O–H groups in total. The van der Waals surface area contributed by atoms with E-state index in [9.17, 15) is 12.8 Å². The minimum absolute atomic E-state index is 0.0295.